The van der Waals surface area contributed by atoms with E-state index in [1.165, 1.54) is 19.3 Å². The molecule has 0 N–H and O–H groups in total. The van der Waals surface area contributed by atoms with E-state index in [1.807, 2.05) is 0 Å². The van der Waals surface area contributed by atoms with Gasteiger partial charge >= 0.3 is 0 Å². The molecule has 0 unspecified atom stereocenters. The van der Waals surface area contributed by atoms with E-state index < -0.39 is 0 Å². The van der Waals surface area contributed by atoms with Crippen LogP contribution in [0.15, 0.2) is 48.1 Å². The summed E-state index contributed by atoms with van der Waals surface area (Å²) >= 11 is 0. The van der Waals surface area contributed by atoms with Gasteiger partial charge in [0.2, 0.25) is 0 Å². The predicted molar refractivity (Wildman–Crippen MR) is 62.0 cm³/mol. The second kappa shape index (κ2) is 4.45. The lowest BCUT2D eigenvalue weighted by Crippen LogP contribution is -2.07. The molecule has 0 amide bonds. The molecule has 0 radical (unpaired) electrons. The van der Waals surface area contributed by atoms with Crippen LogP contribution in [0.3, 0.4) is 0 Å². The number of hydrogen-bond acceptors (Lipinski definition) is 0. The van der Waals surface area contributed by atoms with E-state index in [2.05, 4.69) is 49.5 Å². The summed E-state index contributed by atoms with van der Waals surface area (Å²) in [6.45, 7) is 2.26. The molecule has 0 aliphatic heterocycles. The third kappa shape index (κ3) is 2.06. The second-order valence-corrected chi connectivity index (χ2v) is 4.10. The Hall–Kier alpha value is -1.04. The van der Waals surface area contributed by atoms with Gasteiger partial charge in [-0.3, -0.25) is 0 Å². The molecule has 74 valence electrons. The van der Waals surface area contributed by atoms with E-state index >= 15 is 0 Å². The van der Waals surface area contributed by atoms with Crippen LogP contribution < -0.4 is 0 Å². The van der Waals surface area contributed by atoms with Crippen molar-refractivity contribution in [2.45, 2.75) is 26.2 Å². The Morgan fingerprint density at radius 3 is 2.79 bits per heavy atom. The number of unbranched alkanes of at least 4 members (excludes halogenated alkanes) is 1. The first-order chi connectivity index (χ1) is 6.90. The van der Waals surface area contributed by atoms with E-state index in [9.17, 15) is 0 Å². The van der Waals surface area contributed by atoms with E-state index in [-0.39, 0.29) is 0 Å². The molecule has 2 bridgehead atoms. The van der Waals surface area contributed by atoms with Crippen LogP contribution in [-0.4, -0.2) is 0 Å². The van der Waals surface area contributed by atoms with Crippen molar-refractivity contribution in [2.75, 3.05) is 0 Å². The van der Waals surface area contributed by atoms with Gasteiger partial charge in [0, 0.05) is 11.8 Å². The van der Waals surface area contributed by atoms with Crippen LogP contribution in [0.4, 0.5) is 0 Å². The van der Waals surface area contributed by atoms with Gasteiger partial charge in [-0.2, -0.15) is 0 Å². The number of rotatable bonds is 3. The Morgan fingerprint density at radius 2 is 1.93 bits per heavy atom. The predicted octanol–water partition coefficient (Wildman–Crippen LogP) is 4.03. The number of allylic oxidation sites excluding steroid dienone is 8. The summed E-state index contributed by atoms with van der Waals surface area (Å²) < 4.78 is 0. The zero-order valence-corrected chi connectivity index (χ0v) is 8.82. The van der Waals surface area contributed by atoms with Gasteiger partial charge in [-0.15, -0.1) is 0 Å². The lowest BCUT2D eigenvalue weighted by Gasteiger charge is -2.21. The monoisotopic (exact) mass is 186 g/mol. The Kier molecular flexibility index (Phi) is 3.03. The van der Waals surface area contributed by atoms with Crippen molar-refractivity contribution in [1.82, 2.24) is 0 Å². The Balaban J connectivity index is 2.14. The molecule has 0 heterocycles. The Labute approximate surface area is 86.7 Å². The summed E-state index contributed by atoms with van der Waals surface area (Å²) in [5.74, 6) is 1.12. The van der Waals surface area contributed by atoms with Gasteiger partial charge in [-0.25, -0.2) is 0 Å². The van der Waals surface area contributed by atoms with E-state index in [4.69, 9.17) is 0 Å². The van der Waals surface area contributed by atoms with Gasteiger partial charge in [-0.05, 0) is 12.8 Å². The highest BCUT2D eigenvalue weighted by molar-refractivity contribution is 5.33. The molecule has 0 spiro atoms. The molecule has 2 atom stereocenters. The third-order valence-corrected chi connectivity index (χ3v) is 2.96. The zero-order valence-electron chi connectivity index (χ0n) is 8.82. The maximum Gasteiger partial charge on any atom is 0.0161 e. The van der Waals surface area contributed by atoms with Crippen LogP contribution in [0.1, 0.15) is 26.2 Å². The third-order valence-electron chi connectivity index (χ3n) is 2.96. The first-order valence-corrected chi connectivity index (χ1v) is 5.64. The highest BCUT2D eigenvalue weighted by Gasteiger charge is 2.14. The highest BCUT2D eigenvalue weighted by Crippen LogP contribution is 2.29. The molecule has 0 heteroatoms. The molecule has 0 fully saturated rings. The van der Waals surface area contributed by atoms with Gasteiger partial charge < -0.3 is 0 Å². The SMILES string of the molecule is CCCCC1=C[C@@H]2C=C[C@H]1/C=C\C=C/2. The molecule has 3 aliphatic rings. The van der Waals surface area contributed by atoms with Crippen LogP contribution >= 0.6 is 0 Å². The minimum Gasteiger partial charge on any atom is -0.0769 e. The van der Waals surface area contributed by atoms with Crippen molar-refractivity contribution in [2.24, 2.45) is 11.8 Å². The van der Waals surface area contributed by atoms with Crippen LogP contribution in [0.2, 0.25) is 0 Å². The fourth-order valence-corrected chi connectivity index (χ4v) is 2.10. The summed E-state index contributed by atoms with van der Waals surface area (Å²) in [6, 6.07) is 0. The quantitative estimate of drug-likeness (QED) is 0.584. The molecule has 0 saturated heterocycles. The van der Waals surface area contributed by atoms with Gasteiger partial charge in [0.05, 0.1) is 0 Å². The van der Waals surface area contributed by atoms with Crippen molar-refractivity contribution >= 4 is 0 Å². The van der Waals surface area contributed by atoms with Gasteiger partial charge in [0.15, 0.2) is 0 Å². The standard InChI is InChI=1S/C14H18/c1-2-3-7-14-11-12-6-4-5-8-13(14)10-9-12/h4-6,8-13H,2-3,7H2,1H3/b6-4-,8-5-/t12-,13+/m0/s1. The summed E-state index contributed by atoms with van der Waals surface area (Å²) in [5, 5.41) is 0. The van der Waals surface area contributed by atoms with Crippen LogP contribution in [-0.2, 0) is 0 Å². The Morgan fingerprint density at radius 1 is 1.07 bits per heavy atom. The van der Waals surface area contributed by atoms with Crippen molar-refractivity contribution in [3.05, 3.63) is 48.1 Å². The fourth-order valence-electron chi connectivity index (χ4n) is 2.10. The normalized spacial score (nSPS) is 33.4. The van der Waals surface area contributed by atoms with E-state index in [0.717, 1.165) is 0 Å². The zero-order chi connectivity index (χ0) is 9.80. The fraction of sp³-hybridized carbons (Fsp3) is 0.429. The van der Waals surface area contributed by atoms with Gasteiger partial charge in [0.25, 0.3) is 0 Å². The van der Waals surface area contributed by atoms with Gasteiger partial charge in [0.1, 0.15) is 0 Å². The molecule has 0 nitrogen and oxygen atoms in total. The lowest BCUT2D eigenvalue weighted by molar-refractivity contribution is 0.719. The smallest absolute Gasteiger partial charge is 0.0161 e. The molecular weight excluding hydrogens is 168 g/mol. The van der Waals surface area contributed by atoms with Crippen molar-refractivity contribution < 1.29 is 0 Å². The minimum absolute atomic E-state index is 0.544. The van der Waals surface area contributed by atoms with Crippen LogP contribution in [0.25, 0.3) is 0 Å². The highest BCUT2D eigenvalue weighted by atomic mass is 14.2. The average Bonchev–Trinajstić information content (AvgIpc) is 2.16. The molecule has 0 aromatic heterocycles. The Bertz CT molecular complexity index is 302. The van der Waals surface area contributed by atoms with Crippen molar-refractivity contribution in [3.63, 3.8) is 0 Å². The summed E-state index contributed by atoms with van der Waals surface area (Å²) in [4.78, 5) is 0. The lowest BCUT2D eigenvalue weighted by atomic mass is 9.84. The molecule has 3 rings (SSSR count). The maximum atomic E-state index is 2.43. The first-order valence-electron chi connectivity index (χ1n) is 5.64. The molecule has 3 aliphatic carbocycles. The number of fused-ring (bicyclic) bond motifs is 1. The molecule has 0 saturated carbocycles. The largest absolute Gasteiger partial charge is 0.0769 e. The minimum atomic E-state index is 0.544. The van der Waals surface area contributed by atoms with E-state index in [1.54, 1.807) is 5.57 Å². The topological polar surface area (TPSA) is 0 Å². The molecule has 0 aromatic carbocycles. The first kappa shape index (κ1) is 9.51. The summed E-state index contributed by atoms with van der Waals surface area (Å²) in [7, 11) is 0. The molecule has 14 heavy (non-hydrogen) atoms. The van der Waals surface area contributed by atoms with Gasteiger partial charge in [-0.1, -0.05) is 61.4 Å². The summed E-state index contributed by atoms with van der Waals surface area (Å²) in [6.07, 6.45) is 19.8. The van der Waals surface area contributed by atoms with Crippen molar-refractivity contribution in [1.29, 1.82) is 0 Å². The summed E-state index contributed by atoms with van der Waals surface area (Å²) in [5.41, 5.74) is 1.61. The van der Waals surface area contributed by atoms with Crippen molar-refractivity contribution in [3.8, 4) is 0 Å². The second-order valence-electron chi connectivity index (χ2n) is 4.10. The maximum absolute atomic E-state index is 2.43. The number of hydrogen-bond donors (Lipinski definition) is 0. The van der Waals surface area contributed by atoms with E-state index in [0.29, 0.717) is 11.8 Å². The van der Waals surface area contributed by atoms with Crippen LogP contribution in [0, 0.1) is 11.8 Å². The molecular formula is C14H18. The average molecular weight is 186 g/mol. The van der Waals surface area contributed by atoms with Crippen LogP contribution in [0.5, 0.6) is 0 Å². The molecule has 0 aromatic rings.